The summed E-state index contributed by atoms with van der Waals surface area (Å²) < 4.78 is 27.0. The quantitative estimate of drug-likeness (QED) is 0.861. The van der Waals surface area contributed by atoms with Crippen LogP contribution in [0.5, 0.6) is 0 Å². The molecule has 0 aromatic carbocycles. The van der Waals surface area contributed by atoms with Crippen LogP contribution in [0.1, 0.15) is 45.7 Å². The number of hydrogen-bond acceptors (Lipinski definition) is 4. The van der Waals surface area contributed by atoms with Crippen LogP contribution in [0.2, 0.25) is 0 Å². The molecule has 1 aromatic heterocycles. The summed E-state index contributed by atoms with van der Waals surface area (Å²) in [7, 11) is -3.55. The first-order valence-electron chi connectivity index (χ1n) is 7.59. The summed E-state index contributed by atoms with van der Waals surface area (Å²) in [5, 5.41) is 1.87. The molecule has 1 aliphatic rings. The Morgan fingerprint density at radius 2 is 1.95 bits per heavy atom. The molecule has 6 nitrogen and oxygen atoms in total. The maximum atomic E-state index is 12.6. The van der Waals surface area contributed by atoms with E-state index in [4.69, 9.17) is 5.73 Å². The molecule has 1 fully saturated rings. The van der Waals surface area contributed by atoms with Crippen LogP contribution in [-0.4, -0.2) is 30.1 Å². The lowest BCUT2D eigenvalue weighted by Gasteiger charge is -2.38. The third-order valence-electron chi connectivity index (χ3n) is 4.24. The van der Waals surface area contributed by atoms with Gasteiger partial charge < -0.3 is 10.3 Å². The lowest BCUT2D eigenvalue weighted by atomic mass is 10.0. The second-order valence-corrected chi connectivity index (χ2v) is 7.45. The van der Waals surface area contributed by atoms with Gasteiger partial charge in [0.25, 0.3) is 10.0 Å². The van der Waals surface area contributed by atoms with Crippen LogP contribution >= 0.6 is 0 Å². The van der Waals surface area contributed by atoms with Gasteiger partial charge in [-0.2, -0.15) is 0 Å². The fraction of sp³-hybridized carbons (Fsp3) is 0.714. The molecule has 0 amide bonds. The molecule has 0 aliphatic carbocycles. The average molecular weight is 314 g/mol. The normalized spacial score (nSPS) is 24.4. The average Bonchev–Trinajstić information content (AvgIpc) is 2.87. The second kappa shape index (κ2) is 6.48. The molecule has 120 valence electrons. The zero-order valence-corrected chi connectivity index (χ0v) is 13.9. The molecule has 2 rings (SSSR count). The predicted octanol–water partition coefficient (Wildman–Crippen LogP) is 1.42. The maximum Gasteiger partial charge on any atom is 0.254 e. The highest BCUT2D eigenvalue weighted by atomic mass is 32.2. The highest BCUT2D eigenvalue weighted by Crippen LogP contribution is 2.22. The van der Waals surface area contributed by atoms with Crippen LogP contribution in [0.15, 0.2) is 17.2 Å². The molecule has 3 N–H and O–H groups in total. The molecule has 0 radical (unpaired) electrons. The second-order valence-electron chi connectivity index (χ2n) is 5.79. The van der Waals surface area contributed by atoms with Gasteiger partial charge in [-0.3, -0.25) is 0 Å². The van der Waals surface area contributed by atoms with Gasteiger partial charge in [-0.1, -0.05) is 6.42 Å². The van der Waals surface area contributed by atoms with Crippen LogP contribution < -0.4 is 10.6 Å². The number of nitrogens with zero attached hydrogens (tertiary/aromatic N) is 2. The van der Waals surface area contributed by atoms with Gasteiger partial charge in [0.05, 0.1) is 0 Å². The van der Waals surface area contributed by atoms with E-state index in [0.29, 0.717) is 13.1 Å². The van der Waals surface area contributed by atoms with E-state index in [1.165, 1.54) is 0 Å². The van der Waals surface area contributed by atoms with Gasteiger partial charge in [0.2, 0.25) is 0 Å². The Morgan fingerprint density at radius 1 is 1.33 bits per heavy atom. The van der Waals surface area contributed by atoms with E-state index in [0.717, 1.165) is 25.0 Å². The summed E-state index contributed by atoms with van der Waals surface area (Å²) in [6.07, 6.45) is 4.82. The van der Waals surface area contributed by atoms with E-state index in [9.17, 15) is 8.42 Å². The van der Waals surface area contributed by atoms with Gasteiger partial charge in [-0.05, 0) is 39.7 Å². The minimum atomic E-state index is -3.55. The number of nitrogens with two attached hydrogens (primary N) is 1. The van der Waals surface area contributed by atoms with E-state index < -0.39 is 10.0 Å². The molecule has 21 heavy (non-hydrogen) atoms. The highest BCUT2D eigenvalue weighted by Gasteiger charge is 2.29. The van der Waals surface area contributed by atoms with E-state index in [1.54, 1.807) is 12.3 Å². The van der Waals surface area contributed by atoms with Gasteiger partial charge in [0.1, 0.15) is 4.90 Å². The summed E-state index contributed by atoms with van der Waals surface area (Å²) in [5.41, 5.74) is 6.50. The van der Waals surface area contributed by atoms with Crippen molar-refractivity contribution < 1.29 is 8.42 Å². The van der Waals surface area contributed by atoms with Gasteiger partial charge in [0, 0.05) is 37.1 Å². The molecule has 2 unspecified atom stereocenters. The Bertz CT molecular complexity index is 550. The first kappa shape index (κ1) is 16.5. The lowest BCUT2D eigenvalue weighted by Crippen LogP contribution is -2.53. The van der Waals surface area contributed by atoms with Crippen molar-refractivity contribution in [3.8, 4) is 0 Å². The van der Waals surface area contributed by atoms with Crippen molar-refractivity contribution in [1.29, 1.82) is 0 Å². The summed E-state index contributed by atoms with van der Waals surface area (Å²) in [6.45, 7) is 7.12. The fourth-order valence-electron chi connectivity index (χ4n) is 2.93. The summed E-state index contributed by atoms with van der Waals surface area (Å²) in [6, 6.07) is 2.09. The van der Waals surface area contributed by atoms with Crippen molar-refractivity contribution >= 4 is 10.0 Å². The highest BCUT2D eigenvalue weighted by molar-refractivity contribution is 7.89. The van der Waals surface area contributed by atoms with E-state index in [-0.39, 0.29) is 17.0 Å². The minimum absolute atomic E-state index is 0.214. The SMILES string of the molecule is CCn1cc(S(=O)(=O)NN2C(C)CCCC2C)cc1CN. The molecule has 0 saturated carbocycles. The van der Waals surface area contributed by atoms with Gasteiger partial charge >= 0.3 is 0 Å². The van der Waals surface area contributed by atoms with Crippen molar-refractivity contribution in [1.82, 2.24) is 14.4 Å². The Labute approximate surface area is 127 Å². The molecule has 1 aliphatic heterocycles. The Kier molecular flexibility index (Phi) is 5.08. The van der Waals surface area contributed by atoms with Crippen molar-refractivity contribution in [2.24, 2.45) is 5.73 Å². The number of rotatable bonds is 5. The maximum absolute atomic E-state index is 12.6. The number of hydrazine groups is 1. The van der Waals surface area contributed by atoms with Crippen LogP contribution in [0.25, 0.3) is 0 Å². The largest absolute Gasteiger partial charge is 0.349 e. The minimum Gasteiger partial charge on any atom is -0.349 e. The van der Waals surface area contributed by atoms with E-state index in [2.05, 4.69) is 18.7 Å². The van der Waals surface area contributed by atoms with Crippen LogP contribution in [-0.2, 0) is 23.1 Å². The number of sulfonamides is 1. The molecule has 2 atom stereocenters. The van der Waals surface area contributed by atoms with E-state index in [1.807, 2.05) is 16.5 Å². The van der Waals surface area contributed by atoms with Crippen molar-refractivity contribution in [3.05, 3.63) is 18.0 Å². The van der Waals surface area contributed by atoms with Gasteiger partial charge in [-0.25, -0.2) is 13.4 Å². The zero-order valence-electron chi connectivity index (χ0n) is 13.0. The topological polar surface area (TPSA) is 80.4 Å². The van der Waals surface area contributed by atoms with Gasteiger partial charge in [-0.15, -0.1) is 4.83 Å². The summed E-state index contributed by atoms with van der Waals surface area (Å²) in [4.78, 5) is 3.04. The Hall–Kier alpha value is -0.890. The molecular weight excluding hydrogens is 288 g/mol. The molecule has 7 heteroatoms. The first-order chi connectivity index (χ1) is 9.89. The number of piperidine rings is 1. The molecule has 1 saturated heterocycles. The van der Waals surface area contributed by atoms with Gasteiger partial charge in [0.15, 0.2) is 0 Å². The number of hydrogen-bond donors (Lipinski definition) is 2. The monoisotopic (exact) mass is 314 g/mol. The number of nitrogens with one attached hydrogen (secondary N) is 1. The Balaban J connectivity index is 2.23. The molecule has 0 bridgehead atoms. The lowest BCUT2D eigenvalue weighted by molar-refractivity contribution is 0.0790. The smallest absolute Gasteiger partial charge is 0.254 e. The number of aromatic nitrogens is 1. The third kappa shape index (κ3) is 3.48. The Morgan fingerprint density at radius 3 is 2.43 bits per heavy atom. The summed E-state index contributed by atoms with van der Waals surface area (Å²) >= 11 is 0. The van der Waals surface area contributed by atoms with Crippen molar-refractivity contribution in [2.75, 3.05) is 0 Å². The number of aryl methyl sites for hydroxylation is 1. The molecular formula is C14H26N4O2S. The predicted molar refractivity (Wildman–Crippen MR) is 82.9 cm³/mol. The van der Waals surface area contributed by atoms with Crippen molar-refractivity contribution in [2.45, 2.75) is 70.1 Å². The molecule has 0 spiro atoms. The van der Waals surface area contributed by atoms with Crippen LogP contribution in [0.3, 0.4) is 0 Å². The third-order valence-corrected chi connectivity index (χ3v) is 5.54. The molecule has 1 aromatic rings. The zero-order chi connectivity index (χ0) is 15.6. The molecule has 2 heterocycles. The van der Waals surface area contributed by atoms with Crippen LogP contribution in [0.4, 0.5) is 0 Å². The first-order valence-corrected chi connectivity index (χ1v) is 9.07. The van der Waals surface area contributed by atoms with Crippen LogP contribution in [0, 0.1) is 0 Å². The standard InChI is InChI=1S/C14H26N4O2S/c1-4-17-10-14(8-13(17)9-15)21(19,20)16-18-11(2)6-5-7-12(18)3/h8,10-12,16H,4-7,9,15H2,1-3H3. The fourth-order valence-corrected chi connectivity index (χ4v) is 4.23. The summed E-state index contributed by atoms with van der Waals surface area (Å²) in [5.74, 6) is 0. The van der Waals surface area contributed by atoms with Crippen molar-refractivity contribution in [3.63, 3.8) is 0 Å². The van der Waals surface area contributed by atoms with E-state index >= 15 is 0 Å².